The third-order valence-electron chi connectivity index (χ3n) is 6.88. The summed E-state index contributed by atoms with van der Waals surface area (Å²) in [7, 11) is -3.50. The van der Waals surface area contributed by atoms with E-state index >= 15 is 0 Å². The van der Waals surface area contributed by atoms with Crippen molar-refractivity contribution in [2.75, 3.05) is 23.4 Å². The summed E-state index contributed by atoms with van der Waals surface area (Å²) in [4.78, 5) is 43.2. The van der Waals surface area contributed by atoms with Crippen LogP contribution in [0.3, 0.4) is 0 Å². The van der Waals surface area contributed by atoms with Crippen LogP contribution in [0.25, 0.3) is 10.9 Å². The highest BCUT2D eigenvalue weighted by Gasteiger charge is 2.32. The number of aromatic nitrogens is 1. The Bertz CT molecular complexity index is 1770. The molecular weight excluding hydrogens is 556 g/mol. The molecular formula is C28H25ClN4O6S. The Hall–Kier alpha value is -4.35. The number of amides is 2. The van der Waals surface area contributed by atoms with E-state index in [2.05, 4.69) is 10.3 Å². The van der Waals surface area contributed by atoms with Crippen LogP contribution in [0.1, 0.15) is 32.0 Å². The predicted molar refractivity (Wildman–Crippen MR) is 152 cm³/mol. The average molecular weight is 581 g/mol. The number of sulfone groups is 1. The van der Waals surface area contributed by atoms with Crippen molar-refractivity contribution < 1.29 is 27.9 Å². The van der Waals surface area contributed by atoms with E-state index in [0.717, 1.165) is 17.2 Å². The predicted octanol–water partition coefficient (Wildman–Crippen LogP) is 3.44. The van der Waals surface area contributed by atoms with Gasteiger partial charge in [-0.2, -0.15) is 0 Å². The number of carboxylic acids is 1. The van der Waals surface area contributed by atoms with Crippen molar-refractivity contribution in [3.8, 4) is 0 Å². The van der Waals surface area contributed by atoms with Crippen molar-refractivity contribution in [1.29, 1.82) is 0 Å². The first-order valence-corrected chi connectivity index (χ1v) is 14.5. The minimum atomic E-state index is -3.50. The highest BCUT2D eigenvalue weighted by molar-refractivity contribution is 7.90. The Labute approximate surface area is 234 Å². The molecule has 3 aromatic carbocycles. The number of rotatable bonds is 7. The SMILES string of the molecule is CS(=O)(=O)c1cccc(C[C@H](NC(=O)c2c(Cl)cc3c(c2N)CCN3C(=O)c2cc3ccccc3[nH]2)C(=O)O)c1. The van der Waals surface area contributed by atoms with Gasteiger partial charge in [0.15, 0.2) is 9.84 Å². The molecule has 0 bridgehead atoms. The van der Waals surface area contributed by atoms with Gasteiger partial charge >= 0.3 is 5.97 Å². The zero-order chi connectivity index (χ0) is 28.8. The van der Waals surface area contributed by atoms with Crippen LogP contribution in [0.15, 0.2) is 65.6 Å². The van der Waals surface area contributed by atoms with Gasteiger partial charge in [0.05, 0.1) is 26.9 Å². The fourth-order valence-corrected chi connectivity index (χ4v) is 5.87. The van der Waals surface area contributed by atoms with Crippen molar-refractivity contribution in [2.24, 2.45) is 0 Å². The van der Waals surface area contributed by atoms with Gasteiger partial charge in [0, 0.05) is 35.7 Å². The number of nitrogens with two attached hydrogens (primary N) is 1. The lowest BCUT2D eigenvalue weighted by Gasteiger charge is -2.20. The number of carbonyl (C=O) groups is 3. The van der Waals surface area contributed by atoms with E-state index in [0.29, 0.717) is 35.5 Å². The van der Waals surface area contributed by atoms with Crippen LogP contribution >= 0.6 is 11.6 Å². The van der Waals surface area contributed by atoms with E-state index in [9.17, 15) is 27.9 Å². The molecule has 0 unspecified atom stereocenters. The van der Waals surface area contributed by atoms with Gasteiger partial charge in [0.25, 0.3) is 11.8 Å². The van der Waals surface area contributed by atoms with Crippen LogP contribution < -0.4 is 16.0 Å². The topological polar surface area (TPSA) is 163 Å². The zero-order valence-corrected chi connectivity index (χ0v) is 22.8. The summed E-state index contributed by atoms with van der Waals surface area (Å²) in [5.74, 6) is -2.38. The summed E-state index contributed by atoms with van der Waals surface area (Å²) in [6, 6.07) is 15.2. The molecule has 10 nitrogen and oxygen atoms in total. The lowest BCUT2D eigenvalue weighted by Crippen LogP contribution is -2.42. The van der Waals surface area contributed by atoms with Gasteiger partial charge in [0.1, 0.15) is 11.7 Å². The van der Waals surface area contributed by atoms with Gasteiger partial charge in [-0.05, 0) is 42.3 Å². The van der Waals surface area contributed by atoms with Gasteiger partial charge in [-0.15, -0.1) is 0 Å². The summed E-state index contributed by atoms with van der Waals surface area (Å²) in [6.45, 7) is 0.323. The molecule has 0 aliphatic carbocycles. The molecule has 2 heterocycles. The first-order valence-electron chi connectivity index (χ1n) is 12.3. The summed E-state index contributed by atoms with van der Waals surface area (Å²) >= 11 is 6.48. The van der Waals surface area contributed by atoms with Crippen molar-refractivity contribution in [3.05, 3.63) is 88.1 Å². The molecule has 0 saturated heterocycles. The van der Waals surface area contributed by atoms with Crippen molar-refractivity contribution in [2.45, 2.75) is 23.8 Å². The number of halogens is 1. The molecule has 40 heavy (non-hydrogen) atoms. The number of hydrogen-bond donors (Lipinski definition) is 4. The van der Waals surface area contributed by atoms with Gasteiger partial charge in [-0.1, -0.05) is 41.9 Å². The van der Waals surface area contributed by atoms with Gasteiger partial charge < -0.3 is 26.0 Å². The van der Waals surface area contributed by atoms with Crippen LogP contribution in [0.5, 0.6) is 0 Å². The monoisotopic (exact) mass is 580 g/mol. The molecule has 5 rings (SSSR count). The van der Waals surface area contributed by atoms with E-state index in [1.54, 1.807) is 17.0 Å². The second-order valence-corrected chi connectivity index (χ2v) is 12.0. The quantitative estimate of drug-likeness (QED) is 0.243. The number of hydrogen-bond acceptors (Lipinski definition) is 6. The highest BCUT2D eigenvalue weighted by Crippen LogP contribution is 2.39. The average Bonchev–Trinajstić information content (AvgIpc) is 3.52. The van der Waals surface area contributed by atoms with Crippen LogP contribution in [0.2, 0.25) is 5.02 Å². The number of carboxylic acid groups (broad SMARTS) is 1. The molecule has 1 atom stereocenters. The van der Waals surface area contributed by atoms with E-state index < -0.39 is 27.8 Å². The van der Waals surface area contributed by atoms with Gasteiger partial charge in [-0.3, -0.25) is 9.59 Å². The number of benzene rings is 3. The molecule has 5 N–H and O–H groups in total. The first-order chi connectivity index (χ1) is 18.9. The van der Waals surface area contributed by atoms with Crippen molar-refractivity contribution in [1.82, 2.24) is 10.3 Å². The normalized spacial score (nSPS) is 13.7. The fourth-order valence-electron chi connectivity index (χ4n) is 4.89. The second-order valence-electron chi connectivity index (χ2n) is 9.61. The standard InChI is InChI=1S/C28H25ClN4O6S/c1-40(38,39)17-7-4-5-15(11-17)12-22(28(36)37)32-26(34)24-19(29)14-23-18(25(24)30)9-10-33(23)27(35)21-13-16-6-2-3-8-20(16)31-21/h2-8,11,13-14,22,31H,9-10,12,30H2,1H3,(H,32,34)(H,36,37)/t22-/m0/s1. The summed E-state index contributed by atoms with van der Waals surface area (Å²) in [6.07, 6.45) is 1.26. The van der Waals surface area contributed by atoms with Crippen LogP contribution in [-0.2, 0) is 27.5 Å². The maximum Gasteiger partial charge on any atom is 0.326 e. The first kappa shape index (κ1) is 27.2. The Kier molecular flexibility index (Phi) is 7.03. The number of para-hydroxylation sites is 1. The van der Waals surface area contributed by atoms with Crippen LogP contribution in [-0.4, -0.2) is 55.1 Å². The Morgan fingerprint density at radius 2 is 1.88 bits per heavy atom. The summed E-state index contributed by atoms with van der Waals surface area (Å²) in [5.41, 5.74) is 9.02. The minimum absolute atomic E-state index is 0.0340. The number of carbonyl (C=O) groups excluding carboxylic acids is 2. The molecule has 0 fully saturated rings. The Balaban J connectivity index is 1.39. The number of aliphatic carboxylic acids is 1. The molecule has 12 heteroatoms. The number of nitrogens with one attached hydrogen (secondary N) is 2. The molecule has 1 aliphatic heterocycles. The third kappa shape index (κ3) is 5.13. The highest BCUT2D eigenvalue weighted by atomic mass is 35.5. The number of nitrogen functional groups attached to an aromatic ring is 1. The Morgan fingerprint density at radius 3 is 2.58 bits per heavy atom. The molecule has 1 aromatic heterocycles. The maximum atomic E-state index is 13.3. The Morgan fingerprint density at radius 1 is 1.12 bits per heavy atom. The number of anilines is 2. The van der Waals surface area contributed by atoms with Crippen LogP contribution in [0, 0.1) is 0 Å². The number of aromatic amines is 1. The molecule has 4 aromatic rings. The lowest BCUT2D eigenvalue weighted by atomic mass is 10.0. The smallest absolute Gasteiger partial charge is 0.326 e. The lowest BCUT2D eigenvalue weighted by molar-refractivity contribution is -0.139. The van der Waals surface area contributed by atoms with E-state index in [-0.39, 0.29) is 33.5 Å². The van der Waals surface area contributed by atoms with Crippen molar-refractivity contribution in [3.63, 3.8) is 0 Å². The molecule has 206 valence electrons. The number of fused-ring (bicyclic) bond motifs is 2. The van der Waals surface area contributed by atoms with Gasteiger partial charge in [-0.25, -0.2) is 13.2 Å². The summed E-state index contributed by atoms with van der Waals surface area (Å²) in [5, 5.41) is 13.1. The molecule has 0 spiro atoms. The largest absolute Gasteiger partial charge is 0.480 e. The maximum absolute atomic E-state index is 13.3. The fraction of sp³-hybridized carbons (Fsp3) is 0.179. The van der Waals surface area contributed by atoms with Gasteiger partial charge in [0.2, 0.25) is 0 Å². The minimum Gasteiger partial charge on any atom is -0.480 e. The molecule has 1 aliphatic rings. The molecule has 0 radical (unpaired) electrons. The second kappa shape index (κ2) is 10.3. The van der Waals surface area contributed by atoms with E-state index in [4.69, 9.17) is 17.3 Å². The third-order valence-corrected chi connectivity index (χ3v) is 8.29. The summed E-state index contributed by atoms with van der Waals surface area (Å²) < 4.78 is 23.8. The zero-order valence-electron chi connectivity index (χ0n) is 21.3. The molecule has 0 saturated carbocycles. The number of nitrogens with zero attached hydrogens (tertiary/aromatic N) is 1. The van der Waals surface area contributed by atoms with Crippen LogP contribution in [0.4, 0.5) is 11.4 Å². The van der Waals surface area contributed by atoms with E-state index in [1.807, 2.05) is 24.3 Å². The van der Waals surface area contributed by atoms with E-state index in [1.165, 1.54) is 24.3 Å². The van der Waals surface area contributed by atoms with Crippen molar-refractivity contribution >= 4 is 61.5 Å². The number of H-pyrrole nitrogens is 1. The molecule has 2 amide bonds.